The van der Waals surface area contributed by atoms with Crippen molar-refractivity contribution in [2.45, 2.75) is 118 Å². The van der Waals surface area contributed by atoms with Crippen LogP contribution in [0.2, 0.25) is 0 Å². The monoisotopic (exact) mass is 926 g/mol. The summed E-state index contributed by atoms with van der Waals surface area (Å²) < 4.78 is 54.8. The highest BCUT2D eigenvalue weighted by Crippen LogP contribution is 2.47. The molecule has 0 bridgehead atoms. The Morgan fingerprint density at radius 2 is 1.04 bits per heavy atom. The number of para-hydroxylation sites is 1. The molecule has 2 heterocycles. The smallest absolute Gasteiger partial charge is 0.149 e. The van der Waals surface area contributed by atoms with Crippen LogP contribution in [0.4, 0.5) is 0 Å². The van der Waals surface area contributed by atoms with Gasteiger partial charge in [-0.25, -0.2) is 4.98 Å². The Hall–Kier alpha value is -7.04. The number of phenolic OH excluding ortho intramolecular Hbond substituents is 1. The topological polar surface area (TPSA) is 50.9 Å². The van der Waals surface area contributed by atoms with Gasteiger partial charge in [0.25, 0.3) is 0 Å². The first-order valence-electron chi connectivity index (χ1n) is 27.6. The number of phenols is 1. The Labute approximate surface area is 425 Å². The van der Waals surface area contributed by atoms with Gasteiger partial charge < -0.3 is 5.11 Å². The number of benzene rings is 7. The molecule has 0 saturated heterocycles. The Morgan fingerprint density at radius 1 is 0.486 bits per heavy atom. The van der Waals surface area contributed by atoms with E-state index in [0.29, 0.717) is 16.9 Å². The predicted molar refractivity (Wildman–Crippen MR) is 297 cm³/mol. The number of pyridine rings is 1. The number of nitrogens with zero attached hydrogens (tertiary/aromatic N) is 3. The average Bonchev–Trinajstić information content (AvgIpc) is 3.83. The second-order valence-corrected chi connectivity index (χ2v) is 21.8. The van der Waals surface area contributed by atoms with E-state index in [1.54, 1.807) is 6.07 Å². The van der Waals surface area contributed by atoms with Crippen LogP contribution in [0.1, 0.15) is 138 Å². The molecule has 0 aliphatic rings. The molecule has 0 amide bonds. The molecule has 7 aromatic carbocycles. The maximum atomic E-state index is 12.9. The van der Waals surface area contributed by atoms with Gasteiger partial charge in [0, 0.05) is 31.1 Å². The molecule has 9 aromatic rings. The minimum atomic E-state index is -3.04. The van der Waals surface area contributed by atoms with Crippen LogP contribution in [0.3, 0.4) is 0 Å². The van der Waals surface area contributed by atoms with Crippen molar-refractivity contribution in [1.29, 1.82) is 0 Å². The van der Waals surface area contributed by atoms with Crippen LogP contribution in [0.25, 0.3) is 83.9 Å². The molecule has 0 aliphatic heterocycles. The molecule has 0 spiro atoms. The molecule has 70 heavy (non-hydrogen) atoms. The SMILES string of the molecule is [2H]C([2H])([2H])C(C)(c1cc(C(C)(C)C)cc(-c2nc3c(-c4cc(-c5ccccc5)cc(-c5cc(-c6ccc(C(C)(C)C)cc6)ccn5)c4)cccc3n2-c2c(C(C)C)cc(-c3ccccc3)cc2C(C)C)c1O)C([2H])([2H])[2H]. The predicted octanol–water partition coefficient (Wildman–Crippen LogP) is 18.3. The molecule has 0 atom stereocenters. The van der Waals surface area contributed by atoms with Crippen molar-refractivity contribution >= 4 is 11.0 Å². The van der Waals surface area contributed by atoms with Crippen LogP contribution < -0.4 is 0 Å². The summed E-state index contributed by atoms with van der Waals surface area (Å²) in [5.74, 6) is -0.0672. The zero-order valence-electron chi connectivity index (χ0n) is 48.5. The standard InChI is InChI=1S/C66H69N3O/c1-41(2)54-36-48(44-23-18-15-19-24-44)37-55(42(3)4)61(54)69-59-26-20-25-53(60(59)68-63(69)56-39-52(65(8,9)10)40-57(62(56)70)66(11,12)13)49-33-47(43-21-16-14-17-22-43)34-50(35-49)58-38-46(31-32-67-58)45-27-29-51(30-28-45)64(5,6)7/h14-42,70H,1-13H3/i11D3,12D3. The van der Waals surface area contributed by atoms with Gasteiger partial charge in [0.1, 0.15) is 11.6 Å². The summed E-state index contributed by atoms with van der Waals surface area (Å²) in [6.45, 7) is 16.5. The summed E-state index contributed by atoms with van der Waals surface area (Å²) in [5, 5.41) is 12.9. The average molecular weight is 926 g/mol. The summed E-state index contributed by atoms with van der Waals surface area (Å²) in [6.07, 6.45) is 1.86. The third kappa shape index (κ3) is 9.37. The van der Waals surface area contributed by atoms with Crippen molar-refractivity contribution in [3.8, 4) is 78.6 Å². The molecular weight excluding hydrogens is 851 g/mol. The first-order valence-corrected chi connectivity index (χ1v) is 24.6. The highest BCUT2D eigenvalue weighted by molar-refractivity contribution is 5.98. The molecule has 9 rings (SSSR count). The van der Waals surface area contributed by atoms with E-state index in [0.717, 1.165) is 78.1 Å². The molecule has 1 N–H and O–H groups in total. The third-order valence-electron chi connectivity index (χ3n) is 13.7. The van der Waals surface area contributed by atoms with Crippen LogP contribution in [0, 0.1) is 0 Å². The lowest BCUT2D eigenvalue weighted by Gasteiger charge is -2.28. The highest BCUT2D eigenvalue weighted by Gasteiger charge is 2.31. The fourth-order valence-electron chi connectivity index (χ4n) is 9.63. The quantitative estimate of drug-likeness (QED) is 0.157. The summed E-state index contributed by atoms with van der Waals surface area (Å²) in [6, 6.07) is 54.2. The van der Waals surface area contributed by atoms with Crippen LogP contribution in [0.15, 0.2) is 164 Å². The molecule has 4 heteroatoms. The van der Waals surface area contributed by atoms with Crippen molar-refractivity contribution in [3.63, 3.8) is 0 Å². The number of aromatic nitrogens is 3. The normalized spacial score (nSPS) is 14.0. The Kier molecular flexibility index (Phi) is 10.7. The molecule has 2 aromatic heterocycles. The molecule has 0 fully saturated rings. The summed E-state index contributed by atoms with van der Waals surface area (Å²) in [7, 11) is 0. The third-order valence-corrected chi connectivity index (χ3v) is 13.7. The molecule has 0 saturated carbocycles. The van der Waals surface area contributed by atoms with Gasteiger partial charge in [-0.2, -0.15) is 0 Å². The first-order chi connectivity index (χ1) is 35.7. The van der Waals surface area contributed by atoms with Crippen LogP contribution >= 0.6 is 0 Å². The van der Waals surface area contributed by atoms with E-state index in [1.807, 2.05) is 87.6 Å². The number of hydrogen-bond acceptors (Lipinski definition) is 3. The van der Waals surface area contributed by atoms with Crippen molar-refractivity contribution in [2.24, 2.45) is 0 Å². The lowest BCUT2D eigenvalue weighted by atomic mass is 9.78. The second-order valence-electron chi connectivity index (χ2n) is 21.8. The number of fused-ring (bicyclic) bond motifs is 1. The van der Waals surface area contributed by atoms with Gasteiger partial charge in [-0.15, -0.1) is 0 Å². The molecule has 4 nitrogen and oxygen atoms in total. The van der Waals surface area contributed by atoms with E-state index in [1.165, 1.54) is 12.5 Å². The fraction of sp³-hybridized carbons (Fsp3) is 0.273. The molecule has 0 aliphatic carbocycles. The van der Waals surface area contributed by atoms with Gasteiger partial charge in [0.05, 0.1) is 28.0 Å². The first kappa shape index (κ1) is 40.8. The van der Waals surface area contributed by atoms with Crippen LogP contribution in [0.5, 0.6) is 5.75 Å². The number of hydrogen-bond donors (Lipinski definition) is 1. The minimum absolute atomic E-state index is 0.00826. The van der Waals surface area contributed by atoms with Crippen molar-refractivity contribution in [3.05, 3.63) is 192 Å². The van der Waals surface area contributed by atoms with Crippen molar-refractivity contribution in [2.75, 3.05) is 0 Å². The Balaban J connectivity index is 1.39. The lowest BCUT2D eigenvalue weighted by Crippen LogP contribution is -2.17. The van der Waals surface area contributed by atoms with E-state index in [4.69, 9.17) is 18.2 Å². The Bertz CT molecular complexity index is 3550. The largest absolute Gasteiger partial charge is 0.507 e. The highest BCUT2D eigenvalue weighted by atomic mass is 16.3. The number of imidazole rings is 1. The van der Waals surface area contributed by atoms with E-state index >= 15 is 0 Å². The fourth-order valence-corrected chi connectivity index (χ4v) is 9.63. The number of rotatable bonds is 9. The molecular formula is C66H69N3O. The van der Waals surface area contributed by atoms with Crippen LogP contribution in [-0.4, -0.2) is 19.6 Å². The molecule has 0 radical (unpaired) electrons. The van der Waals surface area contributed by atoms with Gasteiger partial charge in [-0.05, 0) is 144 Å². The van der Waals surface area contributed by atoms with Gasteiger partial charge in [-0.1, -0.05) is 193 Å². The van der Waals surface area contributed by atoms with Crippen molar-refractivity contribution in [1.82, 2.24) is 14.5 Å². The maximum absolute atomic E-state index is 12.9. The summed E-state index contributed by atoms with van der Waals surface area (Å²) >= 11 is 0. The van der Waals surface area contributed by atoms with E-state index in [2.05, 4.69) is 144 Å². The van der Waals surface area contributed by atoms with Crippen LogP contribution in [-0.2, 0) is 16.2 Å². The zero-order valence-corrected chi connectivity index (χ0v) is 42.5. The second kappa shape index (κ2) is 18.4. The van der Waals surface area contributed by atoms with Gasteiger partial charge in [-0.3, -0.25) is 9.55 Å². The maximum Gasteiger partial charge on any atom is 0.149 e. The van der Waals surface area contributed by atoms with Gasteiger partial charge in [0.15, 0.2) is 0 Å². The van der Waals surface area contributed by atoms with Gasteiger partial charge in [0.2, 0.25) is 0 Å². The minimum Gasteiger partial charge on any atom is -0.507 e. The molecule has 354 valence electrons. The lowest BCUT2D eigenvalue weighted by molar-refractivity contribution is 0.446. The summed E-state index contributed by atoms with van der Waals surface area (Å²) in [5.41, 5.74) is 13.1. The molecule has 0 unspecified atom stereocenters. The van der Waals surface area contributed by atoms with Gasteiger partial charge >= 0.3 is 0 Å². The van der Waals surface area contributed by atoms with E-state index in [9.17, 15) is 5.11 Å². The Morgan fingerprint density at radius 3 is 1.61 bits per heavy atom. The summed E-state index contributed by atoms with van der Waals surface area (Å²) in [4.78, 5) is 10.6. The van der Waals surface area contributed by atoms with Crippen molar-refractivity contribution < 1.29 is 13.3 Å². The van der Waals surface area contributed by atoms with E-state index in [-0.39, 0.29) is 28.4 Å². The van der Waals surface area contributed by atoms with E-state index < -0.39 is 30.3 Å². The number of aromatic hydroxyl groups is 1. The zero-order chi connectivity index (χ0) is 54.9.